The lowest BCUT2D eigenvalue weighted by Crippen LogP contribution is -2.44. The van der Waals surface area contributed by atoms with Crippen LogP contribution in [0, 0.1) is 0 Å². The first-order valence-electron chi connectivity index (χ1n) is 6.62. The molecule has 0 bridgehead atoms. The number of piperidine rings is 1. The van der Waals surface area contributed by atoms with Crippen molar-refractivity contribution in [2.75, 3.05) is 18.4 Å². The summed E-state index contributed by atoms with van der Waals surface area (Å²) >= 11 is 0. The van der Waals surface area contributed by atoms with E-state index in [4.69, 9.17) is 0 Å². The highest BCUT2D eigenvalue weighted by Crippen LogP contribution is 2.15. The van der Waals surface area contributed by atoms with Crippen molar-refractivity contribution in [1.29, 1.82) is 0 Å². The number of hydrazine groups is 1. The van der Waals surface area contributed by atoms with E-state index in [0.717, 1.165) is 32.4 Å². The van der Waals surface area contributed by atoms with Crippen LogP contribution in [0.4, 0.5) is 5.69 Å². The molecule has 2 N–H and O–H groups in total. The number of hydrogen-bond acceptors (Lipinski definition) is 4. The lowest BCUT2D eigenvalue weighted by molar-refractivity contribution is -0.114. The van der Waals surface area contributed by atoms with Crippen molar-refractivity contribution in [3.05, 3.63) is 24.3 Å². The van der Waals surface area contributed by atoms with E-state index in [1.165, 1.54) is 19.1 Å². The lowest BCUT2D eigenvalue weighted by Gasteiger charge is -2.26. The van der Waals surface area contributed by atoms with E-state index in [2.05, 4.69) is 10.1 Å². The molecule has 110 valence electrons. The van der Waals surface area contributed by atoms with Gasteiger partial charge in [0.2, 0.25) is 5.91 Å². The van der Waals surface area contributed by atoms with Crippen molar-refractivity contribution in [2.24, 2.45) is 0 Å². The fourth-order valence-corrected chi connectivity index (χ4v) is 3.25. The molecule has 1 aromatic carbocycles. The van der Waals surface area contributed by atoms with Crippen LogP contribution >= 0.6 is 0 Å². The molecule has 1 aliphatic heterocycles. The van der Waals surface area contributed by atoms with E-state index in [1.54, 1.807) is 17.1 Å². The van der Waals surface area contributed by atoms with Gasteiger partial charge in [0.15, 0.2) is 0 Å². The first-order chi connectivity index (χ1) is 9.47. The van der Waals surface area contributed by atoms with Crippen LogP contribution < -0.4 is 10.1 Å². The van der Waals surface area contributed by atoms with Crippen LogP contribution in [0.1, 0.15) is 26.2 Å². The summed E-state index contributed by atoms with van der Waals surface area (Å²) in [5.74, 6) is -0.188. The number of sulfonamides is 1. The summed E-state index contributed by atoms with van der Waals surface area (Å²) in [6.45, 7) is 2.88. The highest BCUT2D eigenvalue weighted by atomic mass is 32.2. The maximum atomic E-state index is 12.2. The van der Waals surface area contributed by atoms with Gasteiger partial charge >= 0.3 is 0 Å². The van der Waals surface area contributed by atoms with Crippen molar-refractivity contribution in [1.82, 2.24) is 9.84 Å². The summed E-state index contributed by atoms with van der Waals surface area (Å²) < 4.78 is 24.4. The van der Waals surface area contributed by atoms with E-state index in [1.807, 2.05) is 0 Å². The Hall–Kier alpha value is -1.44. The third kappa shape index (κ3) is 4.03. The standard InChI is InChI=1S/C13H19N3O3S/c1-11(17)14-12-5-7-13(8-6-12)20(18,19)15-16-9-3-2-4-10-16/h5-8,15H,2-4,9-10H2,1H3,(H,14,17). The fraction of sp³-hybridized carbons (Fsp3) is 0.462. The van der Waals surface area contributed by atoms with Gasteiger partial charge in [0.25, 0.3) is 10.0 Å². The number of rotatable bonds is 4. The molecular formula is C13H19N3O3S. The minimum absolute atomic E-state index is 0.188. The van der Waals surface area contributed by atoms with Crippen LogP contribution in [-0.4, -0.2) is 32.4 Å². The highest BCUT2D eigenvalue weighted by molar-refractivity contribution is 7.89. The fourth-order valence-electron chi connectivity index (χ4n) is 2.13. The molecule has 0 unspecified atom stereocenters. The molecule has 1 aromatic rings. The first kappa shape index (κ1) is 15.0. The van der Waals surface area contributed by atoms with E-state index in [9.17, 15) is 13.2 Å². The second-order valence-electron chi connectivity index (χ2n) is 4.85. The maximum absolute atomic E-state index is 12.2. The van der Waals surface area contributed by atoms with E-state index in [-0.39, 0.29) is 10.8 Å². The minimum atomic E-state index is -3.54. The third-order valence-electron chi connectivity index (χ3n) is 3.09. The predicted molar refractivity (Wildman–Crippen MR) is 76.5 cm³/mol. The monoisotopic (exact) mass is 297 g/mol. The van der Waals surface area contributed by atoms with Crippen molar-refractivity contribution in [3.8, 4) is 0 Å². The van der Waals surface area contributed by atoms with Gasteiger partial charge in [0.1, 0.15) is 0 Å². The van der Waals surface area contributed by atoms with Gasteiger partial charge < -0.3 is 5.32 Å². The van der Waals surface area contributed by atoms with Crippen LogP contribution in [0.5, 0.6) is 0 Å². The number of carbonyl (C=O) groups excluding carboxylic acids is 1. The van der Waals surface area contributed by atoms with Gasteiger partial charge in [-0.15, -0.1) is 4.83 Å². The molecule has 2 rings (SSSR count). The van der Waals surface area contributed by atoms with Crippen molar-refractivity contribution in [2.45, 2.75) is 31.1 Å². The summed E-state index contributed by atoms with van der Waals surface area (Å²) in [5.41, 5.74) is 0.578. The zero-order valence-corrected chi connectivity index (χ0v) is 12.2. The molecule has 0 spiro atoms. The van der Waals surface area contributed by atoms with Crippen LogP contribution in [-0.2, 0) is 14.8 Å². The number of benzene rings is 1. The van der Waals surface area contributed by atoms with Crippen molar-refractivity contribution in [3.63, 3.8) is 0 Å². The zero-order chi connectivity index (χ0) is 14.6. The molecule has 0 saturated carbocycles. The number of carbonyl (C=O) groups is 1. The molecule has 0 aliphatic carbocycles. The Morgan fingerprint density at radius 3 is 2.25 bits per heavy atom. The molecule has 1 fully saturated rings. The summed E-state index contributed by atoms with van der Waals surface area (Å²) in [6, 6.07) is 6.12. The molecule has 1 amide bonds. The quantitative estimate of drug-likeness (QED) is 0.878. The van der Waals surface area contributed by atoms with Crippen LogP contribution in [0.25, 0.3) is 0 Å². The smallest absolute Gasteiger partial charge is 0.253 e. The predicted octanol–water partition coefficient (Wildman–Crippen LogP) is 1.32. The first-order valence-corrected chi connectivity index (χ1v) is 8.11. The summed E-state index contributed by atoms with van der Waals surface area (Å²) in [6.07, 6.45) is 3.15. The topological polar surface area (TPSA) is 78.5 Å². The second-order valence-corrected chi connectivity index (χ2v) is 6.51. The highest BCUT2D eigenvalue weighted by Gasteiger charge is 2.19. The number of anilines is 1. The Bertz CT molecular complexity index is 563. The van der Waals surface area contributed by atoms with Gasteiger partial charge in [-0.2, -0.15) is 0 Å². The molecule has 1 heterocycles. The van der Waals surface area contributed by atoms with Crippen LogP contribution in [0.3, 0.4) is 0 Å². The molecule has 0 atom stereocenters. The summed E-state index contributed by atoms with van der Waals surface area (Å²) in [5, 5.41) is 4.34. The number of hydrogen-bond donors (Lipinski definition) is 2. The number of nitrogens with zero attached hydrogens (tertiary/aromatic N) is 1. The van der Waals surface area contributed by atoms with E-state index >= 15 is 0 Å². The van der Waals surface area contributed by atoms with Gasteiger partial charge in [-0.1, -0.05) is 6.42 Å². The lowest BCUT2D eigenvalue weighted by atomic mass is 10.2. The van der Waals surface area contributed by atoms with Crippen molar-refractivity contribution >= 4 is 21.6 Å². The van der Waals surface area contributed by atoms with Gasteiger partial charge in [-0.05, 0) is 37.1 Å². The van der Waals surface area contributed by atoms with Gasteiger partial charge in [-0.3, -0.25) is 4.79 Å². The van der Waals surface area contributed by atoms with E-state index in [0.29, 0.717) is 5.69 Å². The van der Waals surface area contributed by atoms with Gasteiger partial charge in [0, 0.05) is 25.7 Å². The van der Waals surface area contributed by atoms with Crippen LogP contribution in [0.15, 0.2) is 29.2 Å². The number of nitrogens with one attached hydrogen (secondary N) is 2. The van der Waals surface area contributed by atoms with Crippen molar-refractivity contribution < 1.29 is 13.2 Å². The normalized spacial score (nSPS) is 16.9. The number of amides is 1. The molecule has 20 heavy (non-hydrogen) atoms. The summed E-state index contributed by atoms with van der Waals surface area (Å²) in [7, 11) is -3.54. The van der Waals surface area contributed by atoms with Crippen LogP contribution in [0.2, 0.25) is 0 Å². The Morgan fingerprint density at radius 1 is 1.10 bits per heavy atom. The molecule has 0 aromatic heterocycles. The Morgan fingerprint density at radius 2 is 1.70 bits per heavy atom. The second kappa shape index (κ2) is 6.34. The SMILES string of the molecule is CC(=O)Nc1ccc(S(=O)(=O)NN2CCCCC2)cc1. The summed E-state index contributed by atoms with van der Waals surface area (Å²) in [4.78, 5) is 13.7. The third-order valence-corrected chi connectivity index (χ3v) is 4.48. The van der Waals surface area contributed by atoms with Gasteiger partial charge in [-0.25, -0.2) is 13.4 Å². The molecule has 1 saturated heterocycles. The Kier molecular flexibility index (Phi) is 4.74. The molecule has 0 radical (unpaired) electrons. The average molecular weight is 297 g/mol. The molecule has 7 heteroatoms. The zero-order valence-electron chi connectivity index (χ0n) is 11.4. The Labute approximate surface area is 119 Å². The molecular weight excluding hydrogens is 278 g/mol. The largest absolute Gasteiger partial charge is 0.326 e. The average Bonchev–Trinajstić information content (AvgIpc) is 2.39. The Balaban J connectivity index is 2.06. The maximum Gasteiger partial charge on any atom is 0.253 e. The van der Waals surface area contributed by atoms with Gasteiger partial charge in [0.05, 0.1) is 4.90 Å². The molecule has 1 aliphatic rings. The molecule has 6 nitrogen and oxygen atoms in total. The minimum Gasteiger partial charge on any atom is -0.326 e. The van der Waals surface area contributed by atoms with E-state index < -0.39 is 10.0 Å².